The molecule has 1 saturated heterocycles. The number of furan rings is 2. The van der Waals surface area contributed by atoms with Gasteiger partial charge in [-0.25, -0.2) is 0 Å². The van der Waals surface area contributed by atoms with E-state index in [4.69, 9.17) is 18.1 Å². The number of hydrogen-bond donors (Lipinski definition) is 0. The lowest BCUT2D eigenvalue weighted by molar-refractivity contribution is 0.00578. The molecule has 6 heteroatoms. The Labute approximate surface area is 525 Å². The van der Waals surface area contributed by atoms with Gasteiger partial charge in [-0.15, -0.1) is 0 Å². The molecule has 0 bridgehead atoms. The lowest BCUT2D eigenvalue weighted by atomic mass is 9.78. The van der Waals surface area contributed by atoms with Gasteiger partial charge in [0.05, 0.1) is 11.2 Å². The van der Waals surface area contributed by atoms with Crippen molar-refractivity contribution in [2.75, 3.05) is 0 Å². The Morgan fingerprint density at radius 2 is 0.663 bits per heavy atom. The molecule has 0 radical (unpaired) electrons. The molecule has 0 aliphatic carbocycles. The van der Waals surface area contributed by atoms with E-state index in [1.807, 2.05) is 18.2 Å². The summed E-state index contributed by atoms with van der Waals surface area (Å²) >= 11 is 3.84. The van der Waals surface area contributed by atoms with E-state index in [1.165, 1.54) is 119 Å². The Balaban J connectivity index is 0.000000114. The van der Waals surface area contributed by atoms with Crippen LogP contribution in [0.25, 0.3) is 153 Å². The Morgan fingerprint density at radius 3 is 1.17 bits per heavy atom. The summed E-state index contributed by atoms with van der Waals surface area (Å²) < 4.78 is 26.0. The van der Waals surface area contributed by atoms with Crippen LogP contribution in [0.2, 0.25) is 0 Å². The summed E-state index contributed by atoms with van der Waals surface area (Å²) in [4.78, 5) is 0. The van der Waals surface area contributed by atoms with Crippen molar-refractivity contribution in [2.45, 2.75) is 46.3 Å². The van der Waals surface area contributed by atoms with Crippen LogP contribution in [0.1, 0.15) is 35.1 Å². The van der Waals surface area contributed by atoms with Gasteiger partial charge in [-0.1, -0.05) is 256 Å². The average Bonchev–Trinajstić information content (AvgIpc) is 1.55. The monoisotopic (exact) mass is 1210 g/mol. The van der Waals surface area contributed by atoms with Crippen LogP contribution in [-0.2, 0) is 9.31 Å². The third-order valence-electron chi connectivity index (χ3n) is 18.5. The summed E-state index contributed by atoms with van der Waals surface area (Å²) in [6.07, 6.45) is 0. The Hall–Kier alpha value is -9.82. The van der Waals surface area contributed by atoms with Crippen LogP contribution in [-0.4, -0.2) is 18.3 Å². The number of fused-ring (bicyclic) bond motifs is 15. The zero-order chi connectivity index (χ0) is 59.3. The zero-order valence-corrected chi connectivity index (χ0v) is 50.7. The third kappa shape index (κ3) is 9.36. The first-order valence-electron chi connectivity index (χ1n) is 30.2. The number of rotatable bonds is 4. The molecule has 0 saturated carbocycles. The van der Waals surface area contributed by atoms with Crippen molar-refractivity contribution in [1.82, 2.24) is 0 Å². The van der Waals surface area contributed by atoms with Gasteiger partial charge in [0.1, 0.15) is 22.3 Å². The fraction of sp³-hybridized carbons (Fsp3) is 0.0843. The fourth-order valence-corrected chi connectivity index (χ4v) is 14.2. The second-order valence-corrected chi connectivity index (χ2v) is 24.9. The van der Waals surface area contributed by atoms with Crippen LogP contribution in [0, 0.1) is 0 Å². The SMILES string of the molecule is Brc1c2ccccc2c(-c2cccc3ccccc23)c2ccccc12.C.CC1(C)OB(c2ccc3oc4ccc5ccccc5c4c3c2)OC1(C)C.c1ccc(-c2c3ccccc3c(-c3ccc4oc5ccc6ccccc6c5c4c3)c3ccccc23)cc1. The van der Waals surface area contributed by atoms with Crippen molar-refractivity contribution >= 4 is 148 Å². The molecule has 1 aliphatic rings. The van der Waals surface area contributed by atoms with E-state index in [9.17, 15) is 0 Å². The van der Waals surface area contributed by atoms with Gasteiger partial charge in [-0.2, -0.15) is 0 Å². The molecule has 0 amide bonds. The van der Waals surface area contributed by atoms with Crippen molar-refractivity contribution in [3.05, 3.63) is 284 Å². The van der Waals surface area contributed by atoms with E-state index in [-0.39, 0.29) is 25.7 Å². The molecule has 1 aliphatic heterocycles. The Kier molecular flexibility index (Phi) is 13.8. The number of benzene rings is 15. The third-order valence-corrected chi connectivity index (χ3v) is 19.3. The topological polar surface area (TPSA) is 44.7 Å². The highest BCUT2D eigenvalue weighted by Gasteiger charge is 2.51. The number of hydrogen-bond acceptors (Lipinski definition) is 4. The van der Waals surface area contributed by atoms with Crippen LogP contribution in [0.5, 0.6) is 0 Å². The van der Waals surface area contributed by atoms with Crippen LogP contribution < -0.4 is 5.46 Å². The standard InChI is InChI=1S/C36H22O.C24H15Br.C22H21BO3.CH4/c1-2-11-24(12-3-1)34-27-14-6-8-16-29(27)35(30-17-9-7-15-28(30)34)25-19-20-32-31(22-25)36-26-13-5-4-10-23(26)18-21-33(36)37-32;25-24-21-13-5-3-11-19(21)23(20-12-4-6-14-22(20)24)18-15-7-9-16-8-1-2-10-17(16)18;1-21(2)22(3,4)26-23(25-21)15-10-12-18-17(13-15)20-16-8-6-5-7-14(16)9-11-19(20)24-18;/h1-22H;1-15H;5-13H,1-4H3;1H4. The quantitative estimate of drug-likeness (QED) is 0.130. The molecule has 15 aromatic carbocycles. The lowest BCUT2D eigenvalue weighted by Crippen LogP contribution is -2.41. The highest BCUT2D eigenvalue weighted by Crippen LogP contribution is 2.47. The fourth-order valence-electron chi connectivity index (χ4n) is 13.6. The second-order valence-electron chi connectivity index (χ2n) is 24.1. The smallest absolute Gasteiger partial charge is 0.456 e. The van der Waals surface area contributed by atoms with Gasteiger partial charge in [-0.3, -0.25) is 0 Å². The van der Waals surface area contributed by atoms with E-state index >= 15 is 0 Å². The van der Waals surface area contributed by atoms with Gasteiger partial charge in [0.2, 0.25) is 0 Å². The van der Waals surface area contributed by atoms with E-state index in [0.717, 1.165) is 44.0 Å². The summed E-state index contributed by atoms with van der Waals surface area (Å²) in [5, 5.41) is 22.2. The summed E-state index contributed by atoms with van der Waals surface area (Å²) in [6, 6.07) is 99.1. The molecule has 17 aromatic rings. The molecule has 4 nitrogen and oxygen atoms in total. The Bertz CT molecular complexity index is 5490. The molecule has 2 aromatic heterocycles. The molecule has 0 spiro atoms. The molecule has 428 valence electrons. The molecular weight excluding hydrogens is 1150 g/mol. The normalized spacial score (nSPS) is 13.7. The van der Waals surface area contributed by atoms with E-state index in [1.54, 1.807) is 0 Å². The maximum Gasteiger partial charge on any atom is 0.494 e. The molecule has 1 fully saturated rings. The molecule has 18 rings (SSSR count). The van der Waals surface area contributed by atoms with Crippen molar-refractivity contribution in [3.63, 3.8) is 0 Å². The van der Waals surface area contributed by atoms with Gasteiger partial charge >= 0.3 is 7.12 Å². The highest BCUT2D eigenvalue weighted by molar-refractivity contribution is 9.10. The molecule has 0 N–H and O–H groups in total. The summed E-state index contributed by atoms with van der Waals surface area (Å²) in [5.41, 5.74) is 11.6. The minimum absolute atomic E-state index is 0. The first-order chi connectivity index (χ1) is 43.1. The first kappa shape index (κ1) is 55.7. The maximum absolute atomic E-state index is 6.30. The van der Waals surface area contributed by atoms with Crippen LogP contribution in [0.4, 0.5) is 0 Å². The number of halogens is 1. The minimum atomic E-state index is -0.371. The average molecular weight is 1210 g/mol. The van der Waals surface area contributed by atoms with Gasteiger partial charge in [0, 0.05) is 26.0 Å². The molecule has 89 heavy (non-hydrogen) atoms. The van der Waals surface area contributed by atoms with Crippen molar-refractivity contribution in [2.24, 2.45) is 0 Å². The van der Waals surface area contributed by atoms with Crippen LogP contribution >= 0.6 is 15.9 Å². The largest absolute Gasteiger partial charge is 0.494 e. The van der Waals surface area contributed by atoms with Crippen LogP contribution in [0.3, 0.4) is 0 Å². The van der Waals surface area contributed by atoms with Crippen molar-refractivity contribution < 1.29 is 18.1 Å². The molecule has 3 heterocycles. The van der Waals surface area contributed by atoms with E-state index in [0.29, 0.717) is 0 Å². The van der Waals surface area contributed by atoms with Gasteiger partial charge < -0.3 is 18.1 Å². The van der Waals surface area contributed by atoms with Crippen LogP contribution in [0.15, 0.2) is 292 Å². The second kappa shape index (κ2) is 22.1. The lowest BCUT2D eigenvalue weighted by Gasteiger charge is -2.32. The predicted octanol–water partition coefficient (Wildman–Crippen LogP) is 23.6. The van der Waals surface area contributed by atoms with Gasteiger partial charge in [-0.05, 0) is 188 Å². The molecule has 0 unspecified atom stereocenters. The van der Waals surface area contributed by atoms with Crippen molar-refractivity contribution in [3.8, 4) is 33.4 Å². The maximum atomic E-state index is 6.30. The summed E-state index contributed by atoms with van der Waals surface area (Å²) in [6.45, 7) is 8.30. The predicted molar refractivity (Wildman–Crippen MR) is 383 cm³/mol. The molecular formula is C83H62BBrO4. The van der Waals surface area contributed by atoms with E-state index < -0.39 is 0 Å². The summed E-state index contributed by atoms with van der Waals surface area (Å²) in [7, 11) is -0.371. The van der Waals surface area contributed by atoms with Crippen molar-refractivity contribution in [1.29, 1.82) is 0 Å². The van der Waals surface area contributed by atoms with Gasteiger partial charge in [0.25, 0.3) is 0 Å². The zero-order valence-electron chi connectivity index (χ0n) is 49.1. The minimum Gasteiger partial charge on any atom is -0.456 e. The Morgan fingerprint density at radius 1 is 0.292 bits per heavy atom. The molecule has 0 atom stereocenters. The van der Waals surface area contributed by atoms with Gasteiger partial charge in [0.15, 0.2) is 0 Å². The first-order valence-corrected chi connectivity index (χ1v) is 31.0. The highest BCUT2D eigenvalue weighted by atomic mass is 79.9. The summed E-state index contributed by atoms with van der Waals surface area (Å²) in [5.74, 6) is 0. The van der Waals surface area contributed by atoms with E-state index in [2.05, 4.69) is 304 Å².